The van der Waals surface area contributed by atoms with E-state index in [2.05, 4.69) is 5.32 Å². The molecule has 1 saturated heterocycles. The lowest BCUT2D eigenvalue weighted by Gasteiger charge is -2.36. The molecule has 0 unspecified atom stereocenters. The second-order valence-corrected chi connectivity index (χ2v) is 8.07. The van der Waals surface area contributed by atoms with Crippen LogP contribution in [-0.2, 0) is 17.6 Å². The van der Waals surface area contributed by atoms with Crippen molar-refractivity contribution in [1.29, 1.82) is 0 Å². The molecule has 0 radical (unpaired) electrons. The zero-order chi connectivity index (χ0) is 19.1. The average molecular weight is 389 g/mol. The van der Waals surface area contributed by atoms with Crippen molar-refractivity contribution in [3.05, 3.63) is 16.0 Å². The number of amides is 2. The number of carbonyl (C=O) groups is 2. The van der Waals surface area contributed by atoms with Gasteiger partial charge in [-0.15, -0.1) is 11.3 Å². The third-order valence-corrected chi connectivity index (χ3v) is 6.45. The van der Waals surface area contributed by atoms with Crippen LogP contribution in [0.15, 0.2) is 0 Å². The van der Waals surface area contributed by atoms with E-state index in [1.54, 1.807) is 11.8 Å². The van der Waals surface area contributed by atoms with Crippen LogP contribution in [0.5, 0.6) is 0 Å². The maximum atomic E-state index is 13.0. The molecule has 5 nitrogen and oxygen atoms in total. The molecule has 2 amide bonds. The molecule has 3 N–H and O–H groups in total. The van der Waals surface area contributed by atoms with Crippen LogP contribution in [0.4, 0.5) is 18.2 Å². The van der Waals surface area contributed by atoms with E-state index in [1.807, 2.05) is 0 Å². The van der Waals surface area contributed by atoms with Gasteiger partial charge in [0.05, 0.1) is 17.5 Å². The van der Waals surface area contributed by atoms with Gasteiger partial charge in [-0.3, -0.25) is 14.5 Å². The molecule has 0 spiro atoms. The molecule has 1 fully saturated rings. The quantitative estimate of drug-likeness (QED) is 0.831. The Labute approximate surface area is 153 Å². The maximum Gasteiger partial charge on any atom is 0.393 e. The topological polar surface area (TPSA) is 75.4 Å². The van der Waals surface area contributed by atoms with Crippen LogP contribution in [0.2, 0.25) is 0 Å². The Hall–Kier alpha value is -1.61. The minimum Gasteiger partial charge on any atom is -0.365 e. The van der Waals surface area contributed by atoms with Crippen LogP contribution < -0.4 is 11.1 Å². The van der Waals surface area contributed by atoms with E-state index in [9.17, 15) is 22.8 Å². The molecule has 2 atom stereocenters. The molecule has 1 aromatic heterocycles. The number of primary amides is 1. The third-order valence-electron chi connectivity index (χ3n) is 5.25. The van der Waals surface area contributed by atoms with Crippen LogP contribution in [0, 0.1) is 5.92 Å². The molecule has 0 aromatic carbocycles. The SMILES string of the molecule is C[C@H](C(=O)Nc1sc2c(c1C(N)=O)CCC2)N1CCC[C@H](C(F)(F)F)C1. The molecule has 1 aliphatic heterocycles. The number of fused-ring (bicyclic) bond motifs is 1. The lowest BCUT2D eigenvalue weighted by Crippen LogP contribution is -2.49. The Morgan fingerprint density at radius 3 is 2.69 bits per heavy atom. The summed E-state index contributed by atoms with van der Waals surface area (Å²) in [7, 11) is 0. The van der Waals surface area contributed by atoms with E-state index in [0.717, 1.165) is 29.7 Å². The van der Waals surface area contributed by atoms with Crippen molar-refractivity contribution in [2.24, 2.45) is 11.7 Å². The molecule has 9 heteroatoms. The summed E-state index contributed by atoms with van der Waals surface area (Å²) in [4.78, 5) is 27.0. The Morgan fingerprint density at radius 2 is 2.04 bits per heavy atom. The van der Waals surface area contributed by atoms with Crippen LogP contribution in [-0.4, -0.2) is 42.0 Å². The highest BCUT2D eigenvalue weighted by molar-refractivity contribution is 7.17. The summed E-state index contributed by atoms with van der Waals surface area (Å²) in [6, 6.07) is -0.710. The lowest BCUT2D eigenvalue weighted by molar-refractivity contribution is -0.188. The fourth-order valence-electron chi connectivity index (χ4n) is 3.76. The standard InChI is InChI=1S/C17H22F3N3O2S/c1-9(23-7-3-4-10(8-23)17(18,19)20)15(25)22-16-13(14(21)24)11-5-2-6-12(11)26-16/h9-10H,2-8H2,1H3,(H2,21,24)(H,22,25)/t9-,10+/m1/s1. The van der Waals surface area contributed by atoms with Gasteiger partial charge in [0.15, 0.2) is 0 Å². The van der Waals surface area contributed by atoms with Gasteiger partial charge < -0.3 is 11.1 Å². The average Bonchev–Trinajstić information content (AvgIpc) is 3.13. The second-order valence-electron chi connectivity index (χ2n) is 6.97. The molecular weight excluding hydrogens is 367 g/mol. The normalized spacial score (nSPS) is 22.1. The number of thiophene rings is 1. The van der Waals surface area contributed by atoms with Crippen molar-refractivity contribution in [1.82, 2.24) is 4.90 Å². The van der Waals surface area contributed by atoms with Crippen LogP contribution in [0.1, 0.15) is 47.0 Å². The first-order chi connectivity index (χ1) is 12.2. The first-order valence-electron chi connectivity index (χ1n) is 8.74. The zero-order valence-electron chi connectivity index (χ0n) is 14.5. The number of nitrogens with one attached hydrogen (secondary N) is 1. The second kappa shape index (κ2) is 7.19. The van der Waals surface area contributed by atoms with Gasteiger partial charge in [-0.05, 0) is 51.1 Å². The number of aryl methyl sites for hydroxylation is 1. The van der Waals surface area contributed by atoms with Gasteiger partial charge in [0.1, 0.15) is 5.00 Å². The molecule has 0 saturated carbocycles. The van der Waals surface area contributed by atoms with E-state index < -0.39 is 30.0 Å². The van der Waals surface area contributed by atoms with Crippen molar-refractivity contribution >= 4 is 28.2 Å². The molecule has 2 heterocycles. The number of alkyl halides is 3. The number of hydrogen-bond acceptors (Lipinski definition) is 4. The van der Waals surface area contributed by atoms with Crippen molar-refractivity contribution in [2.75, 3.05) is 18.4 Å². The summed E-state index contributed by atoms with van der Waals surface area (Å²) in [6.45, 7) is 1.87. The van der Waals surface area contributed by atoms with Crippen molar-refractivity contribution < 1.29 is 22.8 Å². The van der Waals surface area contributed by atoms with E-state index in [0.29, 0.717) is 23.5 Å². The van der Waals surface area contributed by atoms with Gasteiger partial charge in [-0.2, -0.15) is 13.2 Å². The number of halogens is 3. The predicted octanol–water partition coefficient (Wildman–Crippen LogP) is 2.94. The third kappa shape index (κ3) is 3.73. The number of carbonyl (C=O) groups excluding carboxylic acids is 2. The highest BCUT2D eigenvalue weighted by Crippen LogP contribution is 2.39. The van der Waals surface area contributed by atoms with Crippen molar-refractivity contribution in [3.8, 4) is 0 Å². The predicted molar refractivity (Wildman–Crippen MR) is 93.3 cm³/mol. The highest BCUT2D eigenvalue weighted by Gasteiger charge is 2.43. The largest absolute Gasteiger partial charge is 0.393 e. The van der Waals surface area contributed by atoms with Gasteiger partial charge in [0.25, 0.3) is 5.91 Å². The highest BCUT2D eigenvalue weighted by atomic mass is 32.1. The molecular formula is C17H22F3N3O2S. The Morgan fingerprint density at radius 1 is 1.31 bits per heavy atom. The van der Waals surface area contributed by atoms with E-state index >= 15 is 0 Å². The summed E-state index contributed by atoms with van der Waals surface area (Å²) >= 11 is 1.34. The van der Waals surface area contributed by atoms with Gasteiger partial charge in [-0.1, -0.05) is 0 Å². The number of hydrogen-bond donors (Lipinski definition) is 2. The molecule has 3 rings (SSSR count). The first kappa shape index (κ1) is 19.2. The van der Waals surface area contributed by atoms with E-state index in [1.165, 1.54) is 11.3 Å². The number of nitrogens with two attached hydrogens (primary N) is 1. The van der Waals surface area contributed by atoms with Gasteiger partial charge >= 0.3 is 6.18 Å². The monoisotopic (exact) mass is 389 g/mol. The maximum absolute atomic E-state index is 13.0. The molecule has 1 aromatic rings. The van der Waals surface area contributed by atoms with Gasteiger partial charge in [-0.25, -0.2) is 0 Å². The minimum atomic E-state index is -4.25. The number of likely N-dealkylation sites (tertiary alicyclic amines) is 1. The summed E-state index contributed by atoms with van der Waals surface area (Å²) in [5.41, 5.74) is 6.73. The van der Waals surface area contributed by atoms with Crippen molar-refractivity contribution in [2.45, 2.75) is 51.2 Å². The number of anilines is 1. The molecule has 144 valence electrons. The lowest BCUT2D eigenvalue weighted by atomic mass is 9.96. The summed E-state index contributed by atoms with van der Waals surface area (Å²) in [6.07, 6.45) is -1.18. The smallest absolute Gasteiger partial charge is 0.365 e. The summed E-state index contributed by atoms with van der Waals surface area (Å²) in [5, 5.41) is 3.15. The van der Waals surface area contributed by atoms with Gasteiger partial charge in [0, 0.05) is 11.4 Å². The Bertz CT molecular complexity index is 717. The van der Waals surface area contributed by atoms with Crippen LogP contribution >= 0.6 is 11.3 Å². The molecule has 26 heavy (non-hydrogen) atoms. The fraction of sp³-hybridized carbons (Fsp3) is 0.647. The number of piperidine rings is 1. The van der Waals surface area contributed by atoms with Crippen LogP contribution in [0.3, 0.4) is 0 Å². The fourth-order valence-corrected chi connectivity index (χ4v) is 5.06. The Kier molecular flexibility index (Phi) is 5.30. The molecule has 0 bridgehead atoms. The first-order valence-corrected chi connectivity index (χ1v) is 9.56. The van der Waals surface area contributed by atoms with Crippen molar-refractivity contribution in [3.63, 3.8) is 0 Å². The van der Waals surface area contributed by atoms with Gasteiger partial charge in [0.2, 0.25) is 5.91 Å². The number of rotatable bonds is 4. The Balaban J connectivity index is 1.71. The molecule has 1 aliphatic carbocycles. The summed E-state index contributed by atoms with van der Waals surface area (Å²) < 4.78 is 39.0. The minimum absolute atomic E-state index is 0.0950. The zero-order valence-corrected chi connectivity index (χ0v) is 15.3. The van der Waals surface area contributed by atoms with Crippen LogP contribution in [0.25, 0.3) is 0 Å². The summed E-state index contributed by atoms with van der Waals surface area (Å²) in [5.74, 6) is -2.39. The molecule has 2 aliphatic rings. The van der Waals surface area contributed by atoms with E-state index in [-0.39, 0.29) is 13.0 Å². The number of nitrogens with zero attached hydrogens (tertiary/aromatic N) is 1. The van der Waals surface area contributed by atoms with E-state index in [4.69, 9.17) is 5.73 Å².